The van der Waals surface area contributed by atoms with Crippen LogP contribution >= 0.6 is 0 Å². The highest BCUT2D eigenvalue weighted by molar-refractivity contribution is 6.04. The number of para-hydroxylation sites is 1. The number of benzene rings is 2. The maximum absolute atomic E-state index is 10.1. The summed E-state index contributed by atoms with van der Waals surface area (Å²) in [6.45, 7) is 1.98. The number of aromatic nitrogens is 5. The van der Waals surface area contributed by atoms with Gasteiger partial charge in [0.05, 0.1) is 11.0 Å². The lowest BCUT2D eigenvalue weighted by Crippen LogP contribution is -1.92. The number of hydrogen-bond donors (Lipinski definition) is 2. The molecule has 0 saturated heterocycles. The second-order valence-corrected chi connectivity index (χ2v) is 6.43. The molecule has 0 amide bonds. The van der Waals surface area contributed by atoms with Crippen LogP contribution in [0.5, 0.6) is 5.88 Å². The fourth-order valence-electron chi connectivity index (χ4n) is 3.31. The highest BCUT2D eigenvalue weighted by Gasteiger charge is 2.13. The zero-order valence-corrected chi connectivity index (χ0v) is 14.7. The zero-order chi connectivity index (χ0) is 18.5. The van der Waals surface area contributed by atoms with Gasteiger partial charge in [-0.1, -0.05) is 29.8 Å². The van der Waals surface area contributed by atoms with E-state index in [9.17, 15) is 5.11 Å². The molecule has 0 bridgehead atoms. The van der Waals surface area contributed by atoms with Crippen molar-refractivity contribution in [2.75, 3.05) is 0 Å². The molecular weight excluding hydrogens is 342 g/mol. The number of rotatable bonds is 2. The van der Waals surface area contributed by atoms with Gasteiger partial charge in [0, 0.05) is 17.8 Å². The van der Waals surface area contributed by atoms with Crippen LogP contribution in [0.25, 0.3) is 33.0 Å². The standard InChI is InChI=1S/C19H15N7O/c1-10-7-8-13-12(9-10)16(18(27)20-13)23-25-19-21-17-15(22-24-19)11-5-3-4-6-14(11)26(17)2/h3-9,20,27H,1-2H3. The van der Waals surface area contributed by atoms with Crippen LogP contribution in [0.3, 0.4) is 0 Å². The Kier molecular flexibility index (Phi) is 3.20. The molecule has 132 valence electrons. The molecule has 0 saturated carbocycles. The van der Waals surface area contributed by atoms with E-state index in [0.717, 1.165) is 32.9 Å². The molecule has 0 aliphatic heterocycles. The molecule has 3 aromatic heterocycles. The Morgan fingerprint density at radius 3 is 2.78 bits per heavy atom. The first kappa shape index (κ1) is 15.4. The highest BCUT2D eigenvalue weighted by Crippen LogP contribution is 2.36. The molecule has 2 aromatic carbocycles. The summed E-state index contributed by atoms with van der Waals surface area (Å²) in [5, 5.41) is 28.5. The van der Waals surface area contributed by atoms with E-state index in [-0.39, 0.29) is 11.8 Å². The lowest BCUT2D eigenvalue weighted by Gasteiger charge is -1.96. The third-order valence-corrected chi connectivity index (χ3v) is 4.64. The van der Waals surface area contributed by atoms with Gasteiger partial charge in [-0.25, -0.2) is 0 Å². The molecule has 0 atom stereocenters. The monoisotopic (exact) mass is 357 g/mol. The van der Waals surface area contributed by atoms with Gasteiger partial charge in [-0.2, -0.15) is 4.98 Å². The number of nitrogens with one attached hydrogen (secondary N) is 1. The van der Waals surface area contributed by atoms with Gasteiger partial charge < -0.3 is 14.7 Å². The summed E-state index contributed by atoms with van der Waals surface area (Å²) in [6.07, 6.45) is 0. The first-order chi connectivity index (χ1) is 13.1. The normalized spacial score (nSPS) is 12.1. The molecule has 0 aliphatic rings. The predicted molar refractivity (Wildman–Crippen MR) is 103 cm³/mol. The molecule has 27 heavy (non-hydrogen) atoms. The summed E-state index contributed by atoms with van der Waals surface area (Å²) in [4.78, 5) is 7.36. The number of azo groups is 1. The third kappa shape index (κ3) is 2.34. The number of aryl methyl sites for hydroxylation is 2. The van der Waals surface area contributed by atoms with Gasteiger partial charge in [0.2, 0.25) is 5.88 Å². The van der Waals surface area contributed by atoms with E-state index >= 15 is 0 Å². The molecule has 3 heterocycles. The second kappa shape index (κ2) is 5.60. The van der Waals surface area contributed by atoms with Gasteiger partial charge >= 0.3 is 0 Å². The van der Waals surface area contributed by atoms with Crippen LogP contribution in [-0.2, 0) is 7.05 Å². The van der Waals surface area contributed by atoms with Crippen LogP contribution < -0.4 is 0 Å². The van der Waals surface area contributed by atoms with E-state index in [0.29, 0.717) is 11.3 Å². The average molecular weight is 357 g/mol. The van der Waals surface area contributed by atoms with Gasteiger partial charge in [-0.15, -0.1) is 20.4 Å². The van der Waals surface area contributed by atoms with Gasteiger partial charge in [-0.05, 0) is 25.1 Å². The minimum Gasteiger partial charge on any atom is -0.493 e. The lowest BCUT2D eigenvalue weighted by atomic mass is 10.2. The van der Waals surface area contributed by atoms with Gasteiger partial charge in [0.1, 0.15) is 5.52 Å². The summed E-state index contributed by atoms with van der Waals surface area (Å²) >= 11 is 0. The molecule has 0 radical (unpaired) electrons. The molecule has 5 aromatic rings. The summed E-state index contributed by atoms with van der Waals surface area (Å²) in [5.41, 5.74) is 4.63. The van der Waals surface area contributed by atoms with Crippen molar-refractivity contribution in [1.29, 1.82) is 0 Å². The summed E-state index contributed by atoms with van der Waals surface area (Å²) in [5.74, 6) is 0.0906. The van der Waals surface area contributed by atoms with Crippen LogP contribution in [0.2, 0.25) is 0 Å². The van der Waals surface area contributed by atoms with Crippen molar-refractivity contribution >= 4 is 44.6 Å². The van der Waals surface area contributed by atoms with Gasteiger partial charge in [0.15, 0.2) is 11.3 Å². The molecule has 8 nitrogen and oxygen atoms in total. The Hall–Kier alpha value is -3.81. The van der Waals surface area contributed by atoms with E-state index in [1.807, 2.05) is 61.0 Å². The van der Waals surface area contributed by atoms with E-state index in [1.165, 1.54) is 0 Å². The Bertz CT molecular complexity index is 1360. The van der Waals surface area contributed by atoms with E-state index in [1.54, 1.807) is 0 Å². The summed E-state index contributed by atoms with van der Waals surface area (Å²) in [6, 6.07) is 13.7. The smallest absolute Gasteiger partial charge is 0.289 e. The molecule has 8 heteroatoms. The van der Waals surface area contributed by atoms with Crippen molar-refractivity contribution in [3.8, 4) is 5.88 Å². The predicted octanol–water partition coefficient (Wildman–Crippen LogP) is 4.43. The number of H-pyrrole nitrogens is 1. The van der Waals surface area contributed by atoms with Crippen LogP contribution in [0.15, 0.2) is 52.7 Å². The van der Waals surface area contributed by atoms with E-state index in [2.05, 4.69) is 30.4 Å². The number of aromatic amines is 1. The maximum atomic E-state index is 10.1. The van der Waals surface area contributed by atoms with Crippen molar-refractivity contribution in [3.05, 3.63) is 48.0 Å². The highest BCUT2D eigenvalue weighted by atomic mass is 16.3. The van der Waals surface area contributed by atoms with Crippen molar-refractivity contribution < 1.29 is 5.11 Å². The first-order valence-corrected chi connectivity index (χ1v) is 8.43. The molecule has 5 rings (SSSR count). The summed E-state index contributed by atoms with van der Waals surface area (Å²) < 4.78 is 1.95. The average Bonchev–Trinajstić information content (AvgIpc) is 3.14. The quantitative estimate of drug-likeness (QED) is 0.456. The van der Waals surface area contributed by atoms with Crippen LogP contribution in [0.4, 0.5) is 11.6 Å². The van der Waals surface area contributed by atoms with Crippen molar-refractivity contribution in [3.63, 3.8) is 0 Å². The Balaban J connectivity index is 1.63. The topological polar surface area (TPSA) is 104 Å². The number of nitrogens with zero attached hydrogens (tertiary/aromatic N) is 6. The van der Waals surface area contributed by atoms with Gasteiger partial charge in [0.25, 0.3) is 5.95 Å². The number of hydrogen-bond acceptors (Lipinski definition) is 6. The molecule has 0 unspecified atom stereocenters. The van der Waals surface area contributed by atoms with E-state index < -0.39 is 0 Å². The molecule has 0 fully saturated rings. The minimum atomic E-state index is -0.0435. The largest absolute Gasteiger partial charge is 0.493 e. The third-order valence-electron chi connectivity index (χ3n) is 4.64. The SMILES string of the molecule is Cc1ccc2[nH]c(O)c(N=Nc3nnc4c5ccccc5n(C)c4n3)c2c1. The van der Waals surface area contributed by atoms with Gasteiger partial charge in [-0.3, -0.25) is 0 Å². The summed E-state index contributed by atoms with van der Waals surface area (Å²) in [7, 11) is 1.93. The van der Waals surface area contributed by atoms with Crippen molar-refractivity contribution in [1.82, 2.24) is 24.7 Å². The van der Waals surface area contributed by atoms with Crippen molar-refractivity contribution in [2.24, 2.45) is 17.3 Å². The van der Waals surface area contributed by atoms with Crippen LogP contribution in [0.1, 0.15) is 5.56 Å². The molecule has 0 spiro atoms. The molecule has 2 N–H and O–H groups in total. The van der Waals surface area contributed by atoms with E-state index in [4.69, 9.17) is 0 Å². The number of aromatic hydroxyl groups is 1. The number of fused-ring (bicyclic) bond motifs is 4. The second-order valence-electron chi connectivity index (χ2n) is 6.43. The Morgan fingerprint density at radius 2 is 1.89 bits per heavy atom. The van der Waals surface area contributed by atoms with Crippen molar-refractivity contribution in [2.45, 2.75) is 6.92 Å². The zero-order valence-electron chi connectivity index (χ0n) is 14.7. The molecule has 0 aliphatic carbocycles. The Labute approximate surface area is 153 Å². The molecular formula is C19H15N7O. The fraction of sp³-hybridized carbons (Fsp3) is 0.105. The van der Waals surface area contributed by atoms with Crippen LogP contribution in [-0.4, -0.2) is 29.8 Å². The van der Waals surface area contributed by atoms with Crippen LogP contribution in [0, 0.1) is 6.92 Å². The maximum Gasteiger partial charge on any atom is 0.289 e. The first-order valence-electron chi connectivity index (χ1n) is 8.43. The lowest BCUT2D eigenvalue weighted by molar-refractivity contribution is 0.459. The minimum absolute atomic E-state index is 0.0435. The fourth-order valence-corrected chi connectivity index (χ4v) is 3.31. The Morgan fingerprint density at radius 1 is 1.04 bits per heavy atom.